The summed E-state index contributed by atoms with van der Waals surface area (Å²) in [5, 5.41) is 6.95. The van der Waals surface area contributed by atoms with E-state index in [9.17, 15) is 22.0 Å². The fourth-order valence-electron chi connectivity index (χ4n) is 3.59. The highest BCUT2D eigenvalue weighted by atomic mass is 32.2. The highest BCUT2D eigenvalue weighted by Crippen LogP contribution is 2.25. The standard InChI is InChI=1S/C21H21F2N5O3S/c22-19-6-5-18(11-20(19)23)32(30,31)27-9-7-16(8-10-27)21(29)25-12-15-1-3-17(4-2-15)28-14-24-13-26-28/h1-6,11,13-14,16H,7-10,12H2,(H,25,29). The third kappa shape index (κ3) is 4.68. The summed E-state index contributed by atoms with van der Waals surface area (Å²) >= 11 is 0. The maximum atomic E-state index is 13.4. The first-order valence-electron chi connectivity index (χ1n) is 10.0. The van der Waals surface area contributed by atoms with E-state index < -0.39 is 21.7 Å². The molecule has 0 saturated carbocycles. The minimum absolute atomic E-state index is 0.131. The highest BCUT2D eigenvalue weighted by molar-refractivity contribution is 7.89. The largest absolute Gasteiger partial charge is 0.352 e. The molecular formula is C21H21F2N5O3S. The Kier molecular flexibility index (Phi) is 6.28. The van der Waals surface area contributed by atoms with Gasteiger partial charge in [-0.25, -0.2) is 26.9 Å². The van der Waals surface area contributed by atoms with E-state index in [-0.39, 0.29) is 29.8 Å². The van der Waals surface area contributed by atoms with Crippen molar-refractivity contribution in [3.05, 3.63) is 72.3 Å². The number of sulfonamides is 1. The zero-order valence-electron chi connectivity index (χ0n) is 17.0. The van der Waals surface area contributed by atoms with Crippen LogP contribution in [0.5, 0.6) is 0 Å². The SMILES string of the molecule is O=C(NCc1ccc(-n2cncn2)cc1)C1CCN(S(=O)(=O)c2ccc(F)c(F)c2)CC1. The molecule has 1 saturated heterocycles. The van der Waals surface area contributed by atoms with Crippen molar-refractivity contribution in [2.75, 3.05) is 13.1 Å². The minimum atomic E-state index is -3.95. The van der Waals surface area contributed by atoms with Gasteiger partial charge in [0.05, 0.1) is 10.6 Å². The van der Waals surface area contributed by atoms with Crippen LogP contribution in [-0.2, 0) is 21.4 Å². The Morgan fingerprint density at radius 1 is 1.06 bits per heavy atom. The van der Waals surface area contributed by atoms with Gasteiger partial charge in [-0.2, -0.15) is 9.40 Å². The topological polar surface area (TPSA) is 97.2 Å². The van der Waals surface area contributed by atoms with Crippen LogP contribution < -0.4 is 5.32 Å². The molecule has 3 aromatic rings. The number of nitrogens with zero attached hydrogens (tertiary/aromatic N) is 4. The van der Waals surface area contributed by atoms with Crippen LogP contribution in [-0.4, -0.2) is 46.5 Å². The molecule has 1 fully saturated rings. The van der Waals surface area contributed by atoms with Gasteiger partial charge in [0.25, 0.3) is 0 Å². The molecule has 4 rings (SSSR count). The number of aromatic nitrogens is 3. The smallest absolute Gasteiger partial charge is 0.243 e. The van der Waals surface area contributed by atoms with Crippen LogP contribution >= 0.6 is 0 Å². The van der Waals surface area contributed by atoms with Crippen LogP contribution in [0.1, 0.15) is 18.4 Å². The summed E-state index contributed by atoms with van der Waals surface area (Å²) in [4.78, 5) is 16.1. The van der Waals surface area contributed by atoms with Gasteiger partial charge in [-0.05, 0) is 48.7 Å². The molecule has 1 N–H and O–H groups in total. The van der Waals surface area contributed by atoms with Crippen molar-refractivity contribution in [2.24, 2.45) is 5.92 Å². The van der Waals surface area contributed by atoms with E-state index in [1.807, 2.05) is 24.3 Å². The quantitative estimate of drug-likeness (QED) is 0.608. The van der Waals surface area contributed by atoms with Crippen molar-refractivity contribution in [1.82, 2.24) is 24.4 Å². The Morgan fingerprint density at radius 2 is 1.78 bits per heavy atom. The lowest BCUT2D eigenvalue weighted by atomic mass is 9.97. The second-order valence-electron chi connectivity index (χ2n) is 7.48. The Hall–Kier alpha value is -3.18. The van der Waals surface area contributed by atoms with E-state index >= 15 is 0 Å². The monoisotopic (exact) mass is 461 g/mol. The Balaban J connectivity index is 1.30. The Bertz CT molecular complexity index is 1190. The molecule has 2 heterocycles. The molecule has 0 radical (unpaired) electrons. The first kappa shape index (κ1) is 22.0. The lowest BCUT2D eigenvalue weighted by Gasteiger charge is -2.30. The number of carbonyl (C=O) groups is 1. The van der Waals surface area contributed by atoms with Crippen LogP contribution in [0.2, 0.25) is 0 Å². The fourth-order valence-corrected chi connectivity index (χ4v) is 5.07. The molecule has 168 valence electrons. The van der Waals surface area contributed by atoms with Gasteiger partial charge >= 0.3 is 0 Å². The van der Waals surface area contributed by atoms with Gasteiger partial charge in [0, 0.05) is 25.6 Å². The minimum Gasteiger partial charge on any atom is -0.352 e. The fraction of sp³-hybridized carbons (Fsp3) is 0.286. The summed E-state index contributed by atoms with van der Waals surface area (Å²) in [5.74, 6) is -2.78. The first-order valence-corrected chi connectivity index (χ1v) is 11.5. The molecule has 0 bridgehead atoms. The number of hydrogen-bond acceptors (Lipinski definition) is 5. The van der Waals surface area contributed by atoms with Crippen molar-refractivity contribution in [3.63, 3.8) is 0 Å². The van der Waals surface area contributed by atoms with Gasteiger partial charge in [0.1, 0.15) is 12.7 Å². The average molecular weight is 461 g/mol. The summed E-state index contributed by atoms with van der Waals surface area (Å²) < 4.78 is 54.7. The number of rotatable bonds is 6. The molecule has 0 aliphatic carbocycles. The summed E-state index contributed by atoms with van der Waals surface area (Å²) in [5.41, 5.74) is 1.77. The number of hydrogen-bond donors (Lipinski definition) is 1. The van der Waals surface area contributed by atoms with E-state index in [1.54, 1.807) is 11.0 Å². The molecule has 1 aromatic heterocycles. The number of amides is 1. The van der Waals surface area contributed by atoms with Crippen molar-refractivity contribution < 1.29 is 22.0 Å². The zero-order valence-corrected chi connectivity index (χ0v) is 17.8. The van der Waals surface area contributed by atoms with Crippen molar-refractivity contribution in [1.29, 1.82) is 0 Å². The lowest BCUT2D eigenvalue weighted by Crippen LogP contribution is -2.42. The van der Waals surface area contributed by atoms with Crippen molar-refractivity contribution in [2.45, 2.75) is 24.3 Å². The summed E-state index contributed by atoms with van der Waals surface area (Å²) in [7, 11) is -3.95. The molecule has 1 aliphatic rings. The molecule has 8 nitrogen and oxygen atoms in total. The molecule has 32 heavy (non-hydrogen) atoms. The number of nitrogens with one attached hydrogen (secondary N) is 1. The predicted molar refractivity (Wildman–Crippen MR) is 111 cm³/mol. The van der Waals surface area contributed by atoms with E-state index in [0.717, 1.165) is 23.4 Å². The van der Waals surface area contributed by atoms with Crippen LogP contribution in [0.3, 0.4) is 0 Å². The molecule has 0 unspecified atom stereocenters. The summed E-state index contributed by atoms with van der Waals surface area (Å²) in [6, 6.07) is 10.0. The molecular weight excluding hydrogens is 440 g/mol. The van der Waals surface area contributed by atoms with E-state index in [4.69, 9.17) is 0 Å². The second kappa shape index (κ2) is 9.13. The molecule has 2 aromatic carbocycles. The molecule has 0 atom stereocenters. The maximum Gasteiger partial charge on any atom is 0.243 e. The van der Waals surface area contributed by atoms with Gasteiger partial charge < -0.3 is 5.32 Å². The van der Waals surface area contributed by atoms with Crippen LogP contribution in [0.25, 0.3) is 5.69 Å². The molecule has 1 amide bonds. The zero-order chi connectivity index (χ0) is 22.7. The third-order valence-corrected chi connectivity index (χ3v) is 7.33. The van der Waals surface area contributed by atoms with Crippen molar-refractivity contribution >= 4 is 15.9 Å². The van der Waals surface area contributed by atoms with Gasteiger partial charge in [-0.15, -0.1) is 0 Å². The van der Waals surface area contributed by atoms with E-state index in [1.165, 1.54) is 10.6 Å². The van der Waals surface area contributed by atoms with Gasteiger partial charge in [0.15, 0.2) is 11.6 Å². The van der Waals surface area contributed by atoms with Gasteiger partial charge in [-0.1, -0.05) is 12.1 Å². The number of carbonyl (C=O) groups excluding carboxylic acids is 1. The van der Waals surface area contributed by atoms with Crippen LogP contribution in [0.15, 0.2) is 60.0 Å². The van der Waals surface area contributed by atoms with E-state index in [2.05, 4.69) is 15.4 Å². The third-order valence-electron chi connectivity index (χ3n) is 5.44. The molecule has 0 spiro atoms. The number of piperidine rings is 1. The van der Waals surface area contributed by atoms with E-state index in [0.29, 0.717) is 25.5 Å². The molecule has 11 heteroatoms. The second-order valence-corrected chi connectivity index (χ2v) is 9.42. The number of halogens is 2. The summed E-state index contributed by atoms with van der Waals surface area (Å²) in [6.45, 7) is 0.613. The Labute approximate surface area is 183 Å². The normalized spacial score (nSPS) is 15.6. The Morgan fingerprint density at radius 3 is 2.41 bits per heavy atom. The average Bonchev–Trinajstić information content (AvgIpc) is 3.34. The van der Waals surface area contributed by atoms with Crippen LogP contribution in [0, 0.1) is 17.6 Å². The highest BCUT2D eigenvalue weighted by Gasteiger charge is 2.32. The lowest BCUT2D eigenvalue weighted by molar-refractivity contribution is -0.126. The van der Waals surface area contributed by atoms with Gasteiger partial charge in [0.2, 0.25) is 15.9 Å². The molecule has 1 aliphatic heterocycles. The van der Waals surface area contributed by atoms with Crippen LogP contribution in [0.4, 0.5) is 8.78 Å². The van der Waals surface area contributed by atoms with Crippen molar-refractivity contribution in [3.8, 4) is 5.69 Å². The van der Waals surface area contributed by atoms with Gasteiger partial charge in [-0.3, -0.25) is 4.79 Å². The number of benzene rings is 2. The maximum absolute atomic E-state index is 13.4. The predicted octanol–water partition coefficient (Wildman–Crippen LogP) is 2.26. The summed E-state index contributed by atoms with van der Waals surface area (Å²) in [6.07, 6.45) is 3.73. The first-order chi connectivity index (χ1) is 15.3.